The Bertz CT molecular complexity index is 484. The molecular formula is C15H23NO2S. The summed E-state index contributed by atoms with van der Waals surface area (Å²) in [7, 11) is -2.77. The van der Waals surface area contributed by atoms with E-state index in [9.17, 15) is 8.42 Å². The van der Waals surface area contributed by atoms with Crippen molar-refractivity contribution >= 4 is 9.84 Å². The molecular weight excluding hydrogens is 258 g/mol. The third kappa shape index (κ3) is 4.32. The monoisotopic (exact) mass is 281 g/mol. The summed E-state index contributed by atoms with van der Waals surface area (Å²) in [6.07, 6.45) is 2.97. The molecule has 0 amide bonds. The third-order valence-electron chi connectivity index (χ3n) is 3.88. The Balaban J connectivity index is 1.80. The number of benzene rings is 1. The zero-order valence-corrected chi connectivity index (χ0v) is 12.4. The van der Waals surface area contributed by atoms with Gasteiger partial charge in [0.15, 0.2) is 9.84 Å². The summed E-state index contributed by atoms with van der Waals surface area (Å²) >= 11 is 0. The van der Waals surface area contributed by atoms with Crippen molar-refractivity contribution < 1.29 is 8.42 Å². The number of hydrogen-bond acceptors (Lipinski definition) is 3. The van der Waals surface area contributed by atoms with Crippen LogP contribution in [0.25, 0.3) is 0 Å². The molecule has 1 atom stereocenters. The molecule has 3 nitrogen and oxygen atoms in total. The van der Waals surface area contributed by atoms with Gasteiger partial charge in [-0.15, -0.1) is 0 Å². The average molecular weight is 281 g/mol. The lowest BCUT2D eigenvalue weighted by Crippen LogP contribution is -2.36. The highest BCUT2D eigenvalue weighted by molar-refractivity contribution is 7.91. The molecule has 0 bridgehead atoms. The third-order valence-corrected chi connectivity index (χ3v) is 5.63. The zero-order chi connectivity index (χ0) is 13.7. The lowest BCUT2D eigenvalue weighted by Gasteiger charge is -2.26. The van der Waals surface area contributed by atoms with Crippen molar-refractivity contribution in [3.05, 3.63) is 35.9 Å². The number of sulfone groups is 1. The van der Waals surface area contributed by atoms with Crippen molar-refractivity contribution in [2.24, 2.45) is 0 Å². The molecule has 1 aromatic carbocycles. The topological polar surface area (TPSA) is 37.4 Å². The van der Waals surface area contributed by atoms with Crippen LogP contribution in [-0.2, 0) is 16.3 Å². The van der Waals surface area contributed by atoms with Gasteiger partial charge in [0, 0.05) is 6.04 Å². The summed E-state index contributed by atoms with van der Waals surface area (Å²) < 4.78 is 23.1. The maximum absolute atomic E-state index is 11.5. The van der Waals surface area contributed by atoms with Crippen LogP contribution in [0.2, 0.25) is 0 Å². The SMILES string of the molecule is CCN(CCCc1ccccc1)C1CCS(=O)(=O)C1. The Labute approximate surface area is 116 Å². The molecule has 1 aliphatic heterocycles. The summed E-state index contributed by atoms with van der Waals surface area (Å²) in [6.45, 7) is 4.05. The standard InChI is InChI=1S/C15H23NO2S/c1-2-16(15-10-12-19(17,18)13-15)11-6-9-14-7-4-3-5-8-14/h3-5,7-8,15H,2,6,9-13H2,1H3. The Morgan fingerprint density at radius 3 is 2.58 bits per heavy atom. The molecule has 4 heteroatoms. The first kappa shape index (κ1) is 14.5. The molecule has 1 fully saturated rings. The average Bonchev–Trinajstić information content (AvgIpc) is 2.76. The van der Waals surface area contributed by atoms with Crippen LogP contribution in [0.15, 0.2) is 30.3 Å². The fraction of sp³-hybridized carbons (Fsp3) is 0.600. The van der Waals surface area contributed by atoms with Gasteiger partial charge in [-0.3, -0.25) is 4.90 Å². The highest BCUT2D eigenvalue weighted by atomic mass is 32.2. The molecule has 1 aromatic rings. The minimum atomic E-state index is -2.77. The summed E-state index contributed by atoms with van der Waals surface area (Å²) in [4.78, 5) is 2.33. The second-order valence-corrected chi connectivity index (χ2v) is 7.50. The van der Waals surface area contributed by atoms with E-state index in [0.717, 1.165) is 32.4 Å². The van der Waals surface area contributed by atoms with Gasteiger partial charge in [0.25, 0.3) is 0 Å². The maximum atomic E-state index is 11.5. The lowest BCUT2D eigenvalue weighted by atomic mass is 10.1. The van der Waals surface area contributed by atoms with E-state index < -0.39 is 9.84 Å². The zero-order valence-electron chi connectivity index (χ0n) is 11.6. The van der Waals surface area contributed by atoms with E-state index in [0.29, 0.717) is 11.5 Å². The number of nitrogens with zero attached hydrogens (tertiary/aromatic N) is 1. The van der Waals surface area contributed by atoms with Crippen molar-refractivity contribution in [2.45, 2.75) is 32.2 Å². The minimum Gasteiger partial charge on any atom is -0.300 e. The Morgan fingerprint density at radius 1 is 1.26 bits per heavy atom. The highest BCUT2D eigenvalue weighted by Gasteiger charge is 2.31. The van der Waals surface area contributed by atoms with Gasteiger partial charge in [0.2, 0.25) is 0 Å². The first-order valence-electron chi connectivity index (χ1n) is 7.09. The Morgan fingerprint density at radius 2 is 2.00 bits per heavy atom. The molecule has 19 heavy (non-hydrogen) atoms. The van der Waals surface area contributed by atoms with Crippen LogP contribution in [0, 0.1) is 0 Å². The summed E-state index contributed by atoms with van der Waals surface area (Å²) in [5.41, 5.74) is 1.36. The van der Waals surface area contributed by atoms with Crippen molar-refractivity contribution in [1.82, 2.24) is 4.90 Å². The van der Waals surface area contributed by atoms with Gasteiger partial charge in [-0.1, -0.05) is 37.3 Å². The molecule has 2 rings (SSSR count). The minimum absolute atomic E-state index is 0.241. The first-order chi connectivity index (χ1) is 9.11. The fourth-order valence-electron chi connectivity index (χ4n) is 2.79. The van der Waals surface area contributed by atoms with E-state index in [4.69, 9.17) is 0 Å². The maximum Gasteiger partial charge on any atom is 0.151 e. The normalized spacial score (nSPS) is 21.9. The second-order valence-electron chi connectivity index (χ2n) is 5.27. The largest absolute Gasteiger partial charge is 0.300 e. The predicted octanol–water partition coefficient (Wildman–Crippen LogP) is 2.13. The van der Waals surface area contributed by atoms with E-state index in [1.165, 1.54) is 5.56 Å². The van der Waals surface area contributed by atoms with Gasteiger partial charge in [-0.05, 0) is 37.9 Å². The van der Waals surface area contributed by atoms with Crippen LogP contribution < -0.4 is 0 Å². The second kappa shape index (κ2) is 6.53. The van der Waals surface area contributed by atoms with E-state index in [2.05, 4.69) is 36.1 Å². The van der Waals surface area contributed by atoms with Crippen LogP contribution in [0.3, 0.4) is 0 Å². The highest BCUT2D eigenvalue weighted by Crippen LogP contribution is 2.18. The number of aryl methyl sites for hydroxylation is 1. The van der Waals surface area contributed by atoms with Gasteiger partial charge >= 0.3 is 0 Å². The van der Waals surface area contributed by atoms with Crippen LogP contribution >= 0.6 is 0 Å². The predicted molar refractivity (Wildman–Crippen MR) is 79.1 cm³/mol. The van der Waals surface area contributed by atoms with E-state index in [1.807, 2.05) is 6.07 Å². The Hall–Kier alpha value is -0.870. The van der Waals surface area contributed by atoms with E-state index >= 15 is 0 Å². The molecule has 0 spiro atoms. The van der Waals surface area contributed by atoms with Gasteiger partial charge in [0.1, 0.15) is 0 Å². The summed E-state index contributed by atoms with van der Waals surface area (Å²) in [5.74, 6) is 0.721. The van der Waals surface area contributed by atoms with Crippen LogP contribution in [-0.4, -0.2) is 44.0 Å². The molecule has 1 aliphatic rings. The smallest absolute Gasteiger partial charge is 0.151 e. The molecule has 0 aliphatic carbocycles. The summed E-state index contributed by atoms with van der Waals surface area (Å²) in [5, 5.41) is 0. The summed E-state index contributed by atoms with van der Waals surface area (Å²) in [6, 6.07) is 10.7. The molecule has 1 heterocycles. The Kier molecular flexibility index (Phi) is 4.99. The molecule has 0 aromatic heterocycles. The van der Waals surface area contributed by atoms with Gasteiger partial charge in [-0.25, -0.2) is 8.42 Å². The van der Waals surface area contributed by atoms with Crippen LogP contribution in [0.1, 0.15) is 25.3 Å². The molecule has 1 unspecified atom stereocenters. The van der Waals surface area contributed by atoms with Crippen LogP contribution in [0.5, 0.6) is 0 Å². The van der Waals surface area contributed by atoms with E-state index in [-0.39, 0.29) is 6.04 Å². The number of rotatable bonds is 6. The van der Waals surface area contributed by atoms with Crippen LogP contribution in [0.4, 0.5) is 0 Å². The molecule has 0 N–H and O–H groups in total. The number of hydrogen-bond donors (Lipinski definition) is 0. The fourth-order valence-corrected chi connectivity index (χ4v) is 4.55. The van der Waals surface area contributed by atoms with Gasteiger partial charge in [-0.2, -0.15) is 0 Å². The molecule has 106 valence electrons. The molecule has 0 saturated carbocycles. The van der Waals surface area contributed by atoms with Gasteiger partial charge < -0.3 is 0 Å². The van der Waals surface area contributed by atoms with E-state index in [1.54, 1.807) is 0 Å². The van der Waals surface area contributed by atoms with Crippen molar-refractivity contribution in [2.75, 3.05) is 24.6 Å². The first-order valence-corrected chi connectivity index (χ1v) is 8.91. The molecule has 1 saturated heterocycles. The van der Waals surface area contributed by atoms with Gasteiger partial charge in [0.05, 0.1) is 11.5 Å². The quantitative estimate of drug-likeness (QED) is 0.801. The molecule has 0 radical (unpaired) electrons. The lowest BCUT2D eigenvalue weighted by molar-refractivity contribution is 0.221. The van der Waals surface area contributed by atoms with Crippen molar-refractivity contribution in [3.63, 3.8) is 0 Å². The van der Waals surface area contributed by atoms with Crippen molar-refractivity contribution in [1.29, 1.82) is 0 Å². The van der Waals surface area contributed by atoms with Crippen molar-refractivity contribution in [3.8, 4) is 0 Å².